The van der Waals surface area contributed by atoms with Crippen LogP contribution in [0.15, 0.2) is 48.5 Å². The first kappa shape index (κ1) is 13.0. The Balaban J connectivity index is 1.49. The zero-order valence-electron chi connectivity index (χ0n) is 11.8. The third kappa shape index (κ3) is 3.32. The van der Waals surface area contributed by atoms with E-state index in [1.54, 1.807) is 0 Å². The van der Waals surface area contributed by atoms with Crippen molar-refractivity contribution in [3.63, 3.8) is 0 Å². The molecule has 0 amide bonds. The van der Waals surface area contributed by atoms with Crippen LogP contribution in [0.1, 0.15) is 24.0 Å². The molecule has 1 aliphatic rings. The van der Waals surface area contributed by atoms with Gasteiger partial charge in [0.2, 0.25) is 0 Å². The number of hydrogen-bond donors (Lipinski definition) is 1. The summed E-state index contributed by atoms with van der Waals surface area (Å²) in [5.74, 6) is 1.00. The first-order chi connectivity index (χ1) is 9.92. The lowest BCUT2D eigenvalue weighted by Crippen LogP contribution is -2.12. The summed E-state index contributed by atoms with van der Waals surface area (Å²) in [4.78, 5) is 0. The summed E-state index contributed by atoms with van der Waals surface area (Å²) in [5, 5.41) is 3.35. The van der Waals surface area contributed by atoms with Gasteiger partial charge >= 0.3 is 0 Å². The molecule has 3 rings (SSSR count). The van der Waals surface area contributed by atoms with Gasteiger partial charge in [-0.3, -0.25) is 0 Å². The van der Waals surface area contributed by atoms with Gasteiger partial charge in [-0.1, -0.05) is 24.3 Å². The fourth-order valence-electron chi connectivity index (χ4n) is 2.72. The molecule has 0 saturated carbocycles. The van der Waals surface area contributed by atoms with Crippen molar-refractivity contribution in [2.75, 3.05) is 18.5 Å². The van der Waals surface area contributed by atoms with Gasteiger partial charge in [-0.05, 0) is 61.1 Å². The molecule has 0 heterocycles. The molecule has 0 aromatic heterocycles. The van der Waals surface area contributed by atoms with Crippen molar-refractivity contribution in [1.29, 1.82) is 0 Å². The zero-order valence-corrected chi connectivity index (χ0v) is 11.8. The molecule has 20 heavy (non-hydrogen) atoms. The number of ether oxygens (including phenoxy) is 1. The van der Waals surface area contributed by atoms with Crippen LogP contribution in [0.2, 0.25) is 0 Å². The number of aryl methyl sites for hydroxylation is 2. The molecule has 0 aliphatic heterocycles. The van der Waals surface area contributed by atoms with Crippen molar-refractivity contribution < 1.29 is 4.74 Å². The first-order valence-corrected chi connectivity index (χ1v) is 7.45. The lowest BCUT2D eigenvalue weighted by Gasteiger charge is -2.17. The highest BCUT2D eigenvalue weighted by atomic mass is 16.5. The molecule has 2 heteroatoms. The van der Waals surface area contributed by atoms with Crippen molar-refractivity contribution in [1.82, 2.24) is 0 Å². The van der Waals surface area contributed by atoms with Crippen molar-refractivity contribution >= 4 is 5.69 Å². The Morgan fingerprint density at radius 2 is 1.70 bits per heavy atom. The van der Waals surface area contributed by atoms with Gasteiger partial charge in [0, 0.05) is 12.2 Å². The predicted molar refractivity (Wildman–Crippen MR) is 83.5 cm³/mol. The standard InChI is InChI=1S/C18H21NO/c1-2-8-17(9-3-1)19-12-13-20-18-11-10-15-6-4-5-7-16(15)14-18/h1-3,8-11,14,19H,4-7,12-13H2. The van der Waals surface area contributed by atoms with Crippen LogP contribution in [-0.2, 0) is 12.8 Å². The Morgan fingerprint density at radius 1 is 0.900 bits per heavy atom. The number of hydrogen-bond acceptors (Lipinski definition) is 2. The van der Waals surface area contributed by atoms with E-state index in [-0.39, 0.29) is 0 Å². The molecule has 0 saturated heterocycles. The molecule has 2 aromatic carbocycles. The third-order valence-corrected chi connectivity index (χ3v) is 3.79. The molecule has 0 fully saturated rings. The number of rotatable bonds is 5. The highest BCUT2D eigenvalue weighted by Gasteiger charge is 2.09. The van der Waals surface area contributed by atoms with Crippen LogP contribution < -0.4 is 10.1 Å². The Morgan fingerprint density at radius 3 is 2.55 bits per heavy atom. The average molecular weight is 267 g/mol. The third-order valence-electron chi connectivity index (χ3n) is 3.79. The lowest BCUT2D eigenvalue weighted by molar-refractivity contribution is 0.332. The molecule has 0 spiro atoms. The van der Waals surface area contributed by atoms with Gasteiger partial charge in [0.05, 0.1) is 0 Å². The molecule has 0 unspecified atom stereocenters. The average Bonchev–Trinajstić information content (AvgIpc) is 2.52. The Bertz CT molecular complexity index is 551. The molecule has 2 nitrogen and oxygen atoms in total. The van der Waals surface area contributed by atoms with Gasteiger partial charge in [0.15, 0.2) is 0 Å². The second-order valence-corrected chi connectivity index (χ2v) is 5.28. The van der Waals surface area contributed by atoms with Gasteiger partial charge in [-0.15, -0.1) is 0 Å². The summed E-state index contributed by atoms with van der Waals surface area (Å²) >= 11 is 0. The van der Waals surface area contributed by atoms with Crippen LogP contribution in [0.25, 0.3) is 0 Å². The Kier molecular flexibility index (Phi) is 4.22. The van der Waals surface area contributed by atoms with Gasteiger partial charge in [0.1, 0.15) is 12.4 Å². The van der Waals surface area contributed by atoms with Crippen molar-refractivity contribution in [3.05, 3.63) is 59.7 Å². The maximum absolute atomic E-state index is 5.83. The maximum atomic E-state index is 5.83. The monoisotopic (exact) mass is 267 g/mol. The van der Waals surface area contributed by atoms with E-state index in [0.717, 1.165) is 18.0 Å². The van der Waals surface area contributed by atoms with Gasteiger partial charge in [0.25, 0.3) is 0 Å². The number of anilines is 1. The van der Waals surface area contributed by atoms with E-state index >= 15 is 0 Å². The maximum Gasteiger partial charge on any atom is 0.119 e. The van der Waals surface area contributed by atoms with Crippen LogP contribution in [0.5, 0.6) is 5.75 Å². The quantitative estimate of drug-likeness (QED) is 0.825. The largest absolute Gasteiger partial charge is 0.492 e. The van der Waals surface area contributed by atoms with E-state index in [1.165, 1.54) is 36.8 Å². The second kappa shape index (κ2) is 6.47. The van der Waals surface area contributed by atoms with Crippen LogP contribution in [0.3, 0.4) is 0 Å². The zero-order chi connectivity index (χ0) is 13.6. The lowest BCUT2D eigenvalue weighted by atomic mass is 9.92. The molecule has 0 bridgehead atoms. The summed E-state index contributed by atoms with van der Waals surface area (Å²) < 4.78 is 5.83. The normalized spacial score (nSPS) is 13.6. The molecule has 2 aromatic rings. The molecule has 0 atom stereocenters. The Labute approximate surface area is 120 Å². The topological polar surface area (TPSA) is 21.3 Å². The summed E-state index contributed by atoms with van der Waals surface area (Å²) in [7, 11) is 0. The van der Waals surface area contributed by atoms with Crippen LogP contribution in [-0.4, -0.2) is 13.2 Å². The summed E-state index contributed by atoms with van der Waals surface area (Å²) in [6.45, 7) is 1.51. The molecule has 104 valence electrons. The van der Waals surface area contributed by atoms with E-state index < -0.39 is 0 Å². The summed E-state index contributed by atoms with van der Waals surface area (Å²) in [6.07, 6.45) is 5.07. The molecular formula is C18H21NO. The number of para-hydroxylation sites is 1. The highest BCUT2D eigenvalue weighted by molar-refractivity contribution is 5.42. The molecule has 0 radical (unpaired) electrons. The van der Waals surface area contributed by atoms with E-state index in [0.29, 0.717) is 6.61 Å². The Hall–Kier alpha value is -1.96. The van der Waals surface area contributed by atoms with E-state index in [2.05, 4.69) is 35.6 Å². The SMILES string of the molecule is c1ccc(NCCOc2ccc3c(c2)CCCC3)cc1. The summed E-state index contributed by atoms with van der Waals surface area (Å²) in [6, 6.07) is 16.8. The highest BCUT2D eigenvalue weighted by Crippen LogP contribution is 2.25. The van der Waals surface area contributed by atoms with Crippen molar-refractivity contribution in [2.45, 2.75) is 25.7 Å². The number of benzene rings is 2. The van der Waals surface area contributed by atoms with Gasteiger partial charge in [-0.2, -0.15) is 0 Å². The van der Waals surface area contributed by atoms with Crippen molar-refractivity contribution in [3.8, 4) is 5.75 Å². The molecule has 1 aliphatic carbocycles. The minimum absolute atomic E-state index is 0.688. The molecule has 1 N–H and O–H groups in total. The first-order valence-electron chi connectivity index (χ1n) is 7.45. The fourth-order valence-corrected chi connectivity index (χ4v) is 2.72. The second-order valence-electron chi connectivity index (χ2n) is 5.28. The summed E-state index contributed by atoms with van der Waals surface area (Å²) in [5.41, 5.74) is 4.12. The predicted octanol–water partition coefficient (Wildman–Crippen LogP) is 4.06. The van der Waals surface area contributed by atoms with Crippen LogP contribution in [0, 0.1) is 0 Å². The number of fused-ring (bicyclic) bond motifs is 1. The van der Waals surface area contributed by atoms with E-state index in [1.807, 2.05) is 18.2 Å². The fraction of sp³-hybridized carbons (Fsp3) is 0.333. The van der Waals surface area contributed by atoms with Crippen LogP contribution >= 0.6 is 0 Å². The smallest absolute Gasteiger partial charge is 0.119 e. The van der Waals surface area contributed by atoms with Crippen LogP contribution in [0.4, 0.5) is 5.69 Å². The van der Waals surface area contributed by atoms with Gasteiger partial charge in [-0.25, -0.2) is 0 Å². The minimum atomic E-state index is 0.688. The minimum Gasteiger partial charge on any atom is -0.492 e. The number of nitrogens with one attached hydrogen (secondary N) is 1. The van der Waals surface area contributed by atoms with E-state index in [4.69, 9.17) is 4.74 Å². The van der Waals surface area contributed by atoms with Gasteiger partial charge < -0.3 is 10.1 Å². The molecular weight excluding hydrogens is 246 g/mol. The van der Waals surface area contributed by atoms with Crippen molar-refractivity contribution in [2.24, 2.45) is 0 Å². The van der Waals surface area contributed by atoms with E-state index in [9.17, 15) is 0 Å².